The van der Waals surface area contributed by atoms with Gasteiger partial charge in [-0.1, -0.05) is 5.16 Å². The Hall–Kier alpha value is -1.47. The SMILES string of the molecule is Cc1nc(CNC(=O)/C=C/c2csc(Br)c2)no1. The quantitative estimate of drug-likeness (QED) is 0.876. The molecule has 2 aromatic heterocycles. The molecule has 0 bridgehead atoms. The molecule has 7 heteroatoms. The number of halogens is 1. The summed E-state index contributed by atoms with van der Waals surface area (Å²) in [6, 6.07) is 1.94. The van der Waals surface area contributed by atoms with E-state index in [4.69, 9.17) is 4.52 Å². The number of amides is 1. The predicted molar refractivity (Wildman–Crippen MR) is 71.9 cm³/mol. The van der Waals surface area contributed by atoms with Crippen molar-refractivity contribution in [2.24, 2.45) is 0 Å². The van der Waals surface area contributed by atoms with Gasteiger partial charge in [0.1, 0.15) is 0 Å². The number of hydrogen-bond acceptors (Lipinski definition) is 5. The molecule has 1 N–H and O–H groups in total. The third-order valence-corrected chi connectivity index (χ3v) is 3.53. The molecule has 0 aliphatic carbocycles. The highest BCUT2D eigenvalue weighted by Gasteiger charge is 2.03. The van der Waals surface area contributed by atoms with Crippen LogP contribution in [0.25, 0.3) is 6.08 Å². The Balaban J connectivity index is 1.83. The van der Waals surface area contributed by atoms with Crippen LogP contribution >= 0.6 is 27.3 Å². The Morgan fingerprint density at radius 1 is 1.67 bits per heavy atom. The summed E-state index contributed by atoms with van der Waals surface area (Å²) >= 11 is 4.93. The maximum atomic E-state index is 11.5. The zero-order valence-corrected chi connectivity index (χ0v) is 11.9. The largest absolute Gasteiger partial charge is 0.345 e. The molecule has 5 nitrogen and oxygen atoms in total. The number of carbonyl (C=O) groups excluding carboxylic acids is 1. The smallest absolute Gasteiger partial charge is 0.244 e. The standard InChI is InChI=1S/C11H10BrN3O2S/c1-7-14-10(15-17-7)5-13-11(16)3-2-8-4-9(12)18-6-8/h2-4,6H,5H2,1H3,(H,13,16)/b3-2+. The molecule has 2 heterocycles. The summed E-state index contributed by atoms with van der Waals surface area (Å²) in [6.45, 7) is 1.96. The van der Waals surface area contributed by atoms with Gasteiger partial charge in [-0.15, -0.1) is 11.3 Å². The van der Waals surface area contributed by atoms with Crippen molar-refractivity contribution in [2.75, 3.05) is 0 Å². The van der Waals surface area contributed by atoms with Crippen LogP contribution in [-0.4, -0.2) is 16.0 Å². The third kappa shape index (κ3) is 3.78. The van der Waals surface area contributed by atoms with Gasteiger partial charge in [0, 0.05) is 13.0 Å². The molecule has 0 spiro atoms. The zero-order chi connectivity index (χ0) is 13.0. The molecule has 0 fully saturated rings. The summed E-state index contributed by atoms with van der Waals surface area (Å²) in [7, 11) is 0. The normalized spacial score (nSPS) is 11.0. The number of rotatable bonds is 4. The van der Waals surface area contributed by atoms with Crippen LogP contribution in [0.5, 0.6) is 0 Å². The molecule has 2 rings (SSSR count). The van der Waals surface area contributed by atoms with Crippen LogP contribution in [0.3, 0.4) is 0 Å². The van der Waals surface area contributed by atoms with Gasteiger partial charge < -0.3 is 9.84 Å². The fourth-order valence-electron chi connectivity index (χ4n) is 1.22. The minimum Gasteiger partial charge on any atom is -0.345 e. The van der Waals surface area contributed by atoms with Crippen LogP contribution in [0.2, 0.25) is 0 Å². The van der Waals surface area contributed by atoms with E-state index in [0.29, 0.717) is 11.7 Å². The maximum absolute atomic E-state index is 11.5. The second-order valence-corrected chi connectivity index (χ2v) is 5.76. The van der Waals surface area contributed by atoms with Crippen LogP contribution in [0, 0.1) is 6.92 Å². The van der Waals surface area contributed by atoms with Crippen molar-refractivity contribution in [1.29, 1.82) is 0 Å². The van der Waals surface area contributed by atoms with E-state index in [0.717, 1.165) is 9.35 Å². The Morgan fingerprint density at radius 2 is 2.50 bits per heavy atom. The molecule has 0 atom stereocenters. The Labute approximate surface area is 116 Å². The van der Waals surface area contributed by atoms with Gasteiger partial charge in [0.15, 0.2) is 5.82 Å². The molecule has 1 amide bonds. The molecule has 94 valence electrons. The lowest BCUT2D eigenvalue weighted by molar-refractivity contribution is -0.116. The van der Waals surface area contributed by atoms with E-state index in [1.807, 2.05) is 11.4 Å². The van der Waals surface area contributed by atoms with Crippen LogP contribution in [0.1, 0.15) is 17.3 Å². The highest BCUT2D eigenvalue weighted by Crippen LogP contribution is 2.21. The number of thiophene rings is 1. The van der Waals surface area contributed by atoms with Gasteiger partial charge in [0.2, 0.25) is 11.8 Å². The lowest BCUT2D eigenvalue weighted by Crippen LogP contribution is -2.20. The topological polar surface area (TPSA) is 68.0 Å². The van der Waals surface area contributed by atoms with Gasteiger partial charge in [-0.3, -0.25) is 4.79 Å². The average Bonchev–Trinajstić information content (AvgIpc) is 2.93. The summed E-state index contributed by atoms with van der Waals surface area (Å²) < 4.78 is 5.83. The first kappa shape index (κ1) is 13.0. The fourth-order valence-corrected chi connectivity index (χ4v) is 2.37. The molecule has 0 aliphatic rings. The Kier molecular flexibility index (Phi) is 4.27. The minimum absolute atomic E-state index is 0.195. The van der Waals surface area contributed by atoms with Crippen molar-refractivity contribution in [3.63, 3.8) is 0 Å². The van der Waals surface area contributed by atoms with E-state index >= 15 is 0 Å². The average molecular weight is 328 g/mol. The molecule has 0 saturated heterocycles. The molecule has 0 aliphatic heterocycles. The summed E-state index contributed by atoms with van der Waals surface area (Å²) in [5.41, 5.74) is 0.984. The minimum atomic E-state index is -0.195. The highest BCUT2D eigenvalue weighted by atomic mass is 79.9. The summed E-state index contributed by atoms with van der Waals surface area (Å²) in [4.78, 5) is 15.5. The Bertz CT molecular complexity index is 576. The second kappa shape index (κ2) is 5.92. The molecule has 0 saturated carbocycles. The van der Waals surface area contributed by atoms with E-state index in [9.17, 15) is 4.79 Å². The van der Waals surface area contributed by atoms with Crippen LogP contribution < -0.4 is 5.32 Å². The first-order chi connectivity index (χ1) is 8.63. The van der Waals surface area contributed by atoms with Crippen molar-refractivity contribution >= 4 is 39.2 Å². The van der Waals surface area contributed by atoms with Gasteiger partial charge in [-0.2, -0.15) is 4.98 Å². The van der Waals surface area contributed by atoms with E-state index < -0.39 is 0 Å². The van der Waals surface area contributed by atoms with Gasteiger partial charge in [0.25, 0.3) is 0 Å². The van der Waals surface area contributed by atoms with Crippen molar-refractivity contribution < 1.29 is 9.32 Å². The summed E-state index contributed by atoms with van der Waals surface area (Å²) in [5, 5.41) is 8.30. The van der Waals surface area contributed by atoms with Gasteiger partial charge >= 0.3 is 0 Å². The lowest BCUT2D eigenvalue weighted by atomic mass is 10.3. The van der Waals surface area contributed by atoms with E-state index in [-0.39, 0.29) is 12.5 Å². The van der Waals surface area contributed by atoms with Crippen molar-refractivity contribution in [1.82, 2.24) is 15.5 Å². The van der Waals surface area contributed by atoms with Gasteiger partial charge in [-0.25, -0.2) is 0 Å². The van der Waals surface area contributed by atoms with Crippen LogP contribution in [0.15, 0.2) is 25.8 Å². The zero-order valence-electron chi connectivity index (χ0n) is 9.51. The van der Waals surface area contributed by atoms with Crippen LogP contribution in [0.4, 0.5) is 0 Å². The lowest BCUT2D eigenvalue weighted by Gasteiger charge is -1.95. The first-order valence-corrected chi connectivity index (χ1v) is 6.80. The fraction of sp³-hybridized carbons (Fsp3) is 0.182. The molecule has 2 aromatic rings. The molecular weight excluding hydrogens is 318 g/mol. The second-order valence-electron chi connectivity index (χ2n) is 3.46. The monoisotopic (exact) mass is 327 g/mol. The number of nitrogens with zero attached hydrogens (tertiary/aromatic N) is 2. The number of aryl methyl sites for hydroxylation is 1. The number of aromatic nitrogens is 2. The number of nitrogens with one attached hydrogen (secondary N) is 1. The Morgan fingerprint density at radius 3 is 3.11 bits per heavy atom. The molecule has 0 radical (unpaired) electrons. The summed E-state index contributed by atoms with van der Waals surface area (Å²) in [5.74, 6) is 0.755. The number of hydrogen-bond donors (Lipinski definition) is 1. The van der Waals surface area contributed by atoms with Gasteiger partial charge in [-0.05, 0) is 39.0 Å². The van der Waals surface area contributed by atoms with Crippen molar-refractivity contribution in [3.05, 3.63) is 38.6 Å². The van der Waals surface area contributed by atoms with Crippen molar-refractivity contribution in [2.45, 2.75) is 13.5 Å². The van der Waals surface area contributed by atoms with E-state index in [2.05, 4.69) is 31.4 Å². The van der Waals surface area contributed by atoms with Crippen LogP contribution in [-0.2, 0) is 11.3 Å². The maximum Gasteiger partial charge on any atom is 0.244 e. The van der Waals surface area contributed by atoms with E-state index in [1.54, 1.807) is 24.3 Å². The molecule has 0 aromatic carbocycles. The number of carbonyl (C=O) groups is 1. The van der Waals surface area contributed by atoms with Crippen molar-refractivity contribution in [3.8, 4) is 0 Å². The first-order valence-electron chi connectivity index (χ1n) is 5.12. The molecular formula is C11H10BrN3O2S. The molecule has 18 heavy (non-hydrogen) atoms. The van der Waals surface area contributed by atoms with Gasteiger partial charge in [0.05, 0.1) is 10.3 Å². The third-order valence-electron chi connectivity index (χ3n) is 2.01. The summed E-state index contributed by atoms with van der Waals surface area (Å²) in [6.07, 6.45) is 3.22. The predicted octanol–water partition coefficient (Wildman–Crippen LogP) is 2.53. The van der Waals surface area contributed by atoms with E-state index in [1.165, 1.54) is 6.08 Å². The molecule has 0 unspecified atom stereocenters. The highest BCUT2D eigenvalue weighted by molar-refractivity contribution is 9.11.